The Hall–Kier alpha value is -3.45. The highest BCUT2D eigenvalue weighted by molar-refractivity contribution is 5.95. The minimum atomic E-state index is -3.06. The van der Waals surface area contributed by atoms with Gasteiger partial charge in [-0.25, -0.2) is 4.98 Å². The number of alkyl halides is 2. The van der Waals surface area contributed by atoms with Crippen molar-refractivity contribution in [2.24, 2.45) is 5.41 Å². The fraction of sp³-hybridized carbons (Fsp3) is 0.409. The van der Waals surface area contributed by atoms with Crippen LogP contribution in [0.15, 0.2) is 24.4 Å². The third-order valence-electron chi connectivity index (χ3n) is 5.79. The number of halogens is 2. The minimum Gasteiger partial charge on any atom is -0.480 e. The highest BCUT2D eigenvalue weighted by Gasteiger charge is 2.52. The van der Waals surface area contributed by atoms with Gasteiger partial charge in [0.1, 0.15) is 11.3 Å². The monoisotopic (exact) mass is 444 g/mol. The number of ether oxygens (including phenoxy) is 2. The fourth-order valence-corrected chi connectivity index (χ4v) is 3.98. The summed E-state index contributed by atoms with van der Waals surface area (Å²) < 4.78 is 35.3. The lowest BCUT2D eigenvalue weighted by atomic mass is 10.1. The predicted molar refractivity (Wildman–Crippen MR) is 110 cm³/mol. The molecule has 2 saturated carbocycles. The van der Waals surface area contributed by atoms with Crippen molar-refractivity contribution in [3.05, 3.63) is 41.1 Å². The maximum atomic E-state index is 12.8. The first kappa shape index (κ1) is 21.8. The molecule has 1 spiro atoms. The Morgan fingerprint density at radius 3 is 2.72 bits per heavy atom. The summed E-state index contributed by atoms with van der Waals surface area (Å²) in [7, 11) is 1.38. The van der Waals surface area contributed by atoms with Crippen molar-refractivity contribution in [2.75, 3.05) is 12.8 Å². The molecule has 1 amide bonds. The standard InChI is InChI=1S/C22H22F2N4O4/c1-31-19-14(11-26-21(25)28-19)3-2-12-8-13(4-5-17(12)32-20(23)24)18(30)27-15-9-22(6-7-22)10-16(15)29/h4-5,8,11,15-16,20,29H,6-7,9-10H2,1H3,(H,27,30)(H2,25,26,28)/t15-,16-/m0/s1. The van der Waals surface area contributed by atoms with Crippen LogP contribution in [0.5, 0.6) is 11.6 Å². The second-order valence-electron chi connectivity index (χ2n) is 8.05. The number of methoxy groups -OCH3 is 1. The maximum Gasteiger partial charge on any atom is 0.387 e. The molecule has 32 heavy (non-hydrogen) atoms. The van der Waals surface area contributed by atoms with Crippen LogP contribution < -0.4 is 20.5 Å². The van der Waals surface area contributed by atoms with E-state index in [9.17, 15) is 18.7 Å². The highest BCUT2D eigenvalue weighted by Crippen LogP contribution is 2.57. The van der Waals surface area contributed by atoms with Crippen molar-refractivity contribution in [3.8, 4) is 23.5 Å². The first-order valence-electron chi connectivity index (χ1n) is 10.0. The highest BCUT2D eigenvalue weighted by atomic mass is 19.3. The number of rotatable bonds is 5. The molecule has 168 valence electrons. The Morgan fingerprint density at radius 1 is 1.31 bits per heavy atom. The summed E-state index contributed by atoms with van der Waals surface area (Å²) in [5.41, 5.74) is 6.24. The predicted octanol–water partition coefficient (Wildman–Crippen LogP) is 2.10. The summed E-state index contributed by atoms with van der Waals surface area (Å²) in [5, 5.41) is 13.1. The number of aromatic nitrogens is 2. The Bertz CT molecular complexity index is 1100. The number of aliphatic hydroxyl groups excluding tert-OH is 1. The number of hydrogen-bond acceptors (Lipinski definition) is 7. The van der Waals surface area contributed by atoms with Gasteiger partial charge in [-0.05, 0) is 49.3 Å². The second kappa shape index (κ2) is 8.59. The Morgan fingerprint density at radius 2 is 2.06 bits per heavy atom. The number of nitrogens with zero attached hydrogens (tertiary/aromatic N) is 2. The van der Waals surface area contributed by atoms with E-state index in [4.69, 9.17) is 10.5 Å². The molecule has 4 rings (SSSR count). The van der Waals surface area contributed by atoms with Crippen LogP contribution in [-0.2, 0) is 0 Å². The van der Waals surface area contributed by atoms with Crippen LogP contribution in [-0.4, -0.2) is 46.8 Å². The number of nitrogens with two attached hydrogens (primary N) is 1. The molecule has 2 aliphatic carbocycles. The van der Waals surface area contributed by atoms with Crippen molar-refractivity contribution < 1.29 is 28.2 Å². The third-order valence-corrected chi connectivity index (χ3v) is 5.79. The summed E-state index contributed by atoms with van der Waals surface area (Å²) >= 11 is 0. The molecule has 0 unspecified atom stereocenters. The largest absolute Gasteiger partial charge is 0.480 e. The molecule has 2 fully saturated rings. The third kappa shape index (κ3) is 4.73. The first-order chi connectivity index (χ1) is 15.3. The van der Waals surface area contributed by atoms with Gasteiger partial charge in [-0.2, -0.15) is 13.8 Å². The average Bonchev–Trinajstić information content (AvgIpc) is 3.43. The van der Waals surface area contributed by atoms with Gasteiger partial charge in [0.15, 0.2) is 0 Å². The van der Waals surface area contributed by atoms with E-state index in [-0.39, 0.29) is 45.7 Å². The van der Waals surface area contributed by atoms with Crippen LogP contribution in [0.2, 0.25) is 0 Å². The summed E-state index contributed by atoms with van der Waals surface area (Å²) in [4.78, 5) is 20.5. The molecule has 0 bridgehead atoms. The quantitative estimate of drug-likeness (QED) is 0.604. The molecule has 1 aromatic heterocycles. The van der Waals surface area contributed by atoms with E-state index in [0.717, 1.165) is 19.3 Å². The van der Waals surface area contributed by atoms with Crippen LogP contribution in [0.25, 0.3) is 0 Å². The average molecular weight is 444 g/mol. The number of benzene rings is 1. The minimum absolute atomic E-state index is 0.00475. The molecule has 4 N–H and O–H groups in total. The van der Waals surface area contributed by atoms with Crippen LogP contribution in [0.1, 0.15) is 47.2 Å². The zero-order valence-electron chi connectivity index (χ0n) is 17.3. The van der Waals surface area contributed by atoms with E-state index in [2.05, 4.69) is 31.9 Å². The van der Waals surface area contributed by atoms with Gasteiger partial charge in [0.25, 0.3) is 5.91 Å². The number of nitrogens with one attached hydrogen (secondary N) is 1. The van der Waals surface area contributed by atoms with Crippen molar-refractivity contribution in [1.82, 2.24) is 15.3 Å². The molecule has 10 heteroatoms. The van der Waals surface area contributed by atoms with E-state index < -0.39 is 18.6 Å². The molecule has 0 radical (unpaired) electrons. The normalized spacial score (nSPS) is 20.5. The Labute approximate surface area is 183 Å². The molecule has 8 nitrogen and oxygen atoms in total. The molecule has 1 heterocycles. The number of hydrogen-bond donors (Lipinski definition) is 3. The van der Waals surface area contributed by atoms with Crippen molar-refractivity contribution in [2.45, 2.75) is 44.4 Å². The van der Waals surface area contributed by atoms with Crippen molar-refractivity contribution >= 4 is 11.9 Å². The van der Waals surface area contributed by atoms with E-state index in [1.807, 2.05) is 0 Å². The van der Waals surface area contributed by atoms with Gasteiger partial charge in [-0.1, -0.05) is 11.8 Å². The first-order valence-corrected chi connectivity index (χ1v) is 10.0. The Kier molecular flexibility index (Phi) is 5.84. The zero-order chi connectivity index (χ0) is 22.9. The van der Waals surface area contributed by atoms with E-state index in [1.54, 1.807) is 0 Å². The zero-order valence-corrected chi connectivity index (χ0v) is 17.3. The number of aliphatic hydroxyl groups is 1. The summed E-state index contributed by atoms with van der Waals surface area (Å²) in [6, 6.07) is 3.65. The summed E-state index contributed by atoms with van der Waals surface area (Å²) in [6.07, 6.45) is 4.29. The van der Waals surface area contributed by atoms with Gasteiger partial charge in [-0.15, -0.1) is 0 Å². The molecular weight excluding hydrogens is 422 g/mol. The van der Waals surface area contributed by atoms with Gasteiger partial charge in [0, 0.05) is 5.56 Å². The topological polar surface area (TPSA) is 120 Å². The number of nitrogen functional groups attached to an aromatic ring is 1. The van der Waals surface area contributed by atoms with Gasteiger partial charge >= 0.3 is 6.61 Å². The van der Waals surface area contributed by atoms with Gasteiger partial charge < -0.3 is 25.6 Å². The van der Waals surface area contributed by atoms with Gasteiger partial charge in [0.05, 0.1) is 31.0 Å². The lowest BCUT2D eigenvalue weighted by Gasteiger charge is -2.17. The smallest absolute Gasteiger partial charge is 0.387 e. The van der Waals surface area contributed by atoms with Crippen LogP contribution in [0.4, 0.5) is 14.7 Å². The number of amides is 1. The molecule has 0 saturated heterocycles. The molecule has 2 atom stereocenters. The van der Waals surface area contributed by atoms with Crippen LogP contribution in [0.3, 0.4) is 0 Å². The molecule has 2 aliphatic rings. The lowest BCUT2D eigenvalue weighted by Crippen LogP contribution is -2.39. The molecule has 0 aliphatic heterocycles. The van der Waals surface area contributed by atoms with Crippen LogP contribution in [0, 0.1) is 17.3 Å². The molecular formula is C22H22F2N4O4. The van der Waals surface area contributed by atoms with E-state index >= 15 is 0 Å². The Balaban J connectivity index is 1.60. The van der Waals surface area contributed by atoms with Crippen LogP contribution >= 0.6 is 0 Å². The molecule has 1 aromatic carbocycles. The lowest BCUT2D eigenvalue weighted by molar-refractivity contribution is -0.0500. The van der Waals surface area contributed by atoms with Crippen molar-refractivity contribution in [3.63, 3.8) is 0 Å². The summed E-state index contributed by atoms with van der Waals surface area (Å²) in [5.74, 6) is 4.96. The van der Waals surface area contributed by atoms with Gasteiger partial charge in [-0.3, -0.25) is 4.79 Å². The maximum absolute atomic E-state index is 12.8. The summed E-state index contributed by atoms with van der Waals surface area (Å²) in [6.45, 7) is -3.06. The number of anilines is 1. The number of carbonyl (C=O) groups excluding carboxylic acids is 1. The van der Waals surface area contributed by atoms with E-state index in [0.29, 0.717) is 6.42 Å². The SMILES string of the molecule is COc1nc(N)ncc1C#Cc1cc(C(=O)N[C@H]2CC3(CC3)C[C@@H]2O)ccc1OC(F)F. The fourth-order valence-electron chi connectivity index (χ4n) is 3.98. The number of carbonyl (C=O) groups is 1. The van der Waals surface area contributed by atoms with E-state index in [1.165, 1.54) is 31.5 Å². The van der Waals surface area contributed by atoms with Crippen molar-refractivity contribution in [1.29, 1.82) is 0 Å². The second-order valence-corrected chi connectivity index (χ2v) is 8.05. The molecule has 2 aromatic rings. The van der Waals surface area contributed by atoms with Gasteiger partial charge in [0.2, 0.25) is 11.8 Å².